The number of anilines is 1. The summed E-state index contributed by atoms with van der Waals surface area (Å²) in [6.45, 7) is 0.170. The van der Waals surface area contributed by atoms with Gasteiger partial charge < -0.3 is 20.6 Å². The Hall–Kier alpha value is -3.10. The number of hydrogen-bond donors (Lipinski definition) is 3. The van der Waals surface area contributed by atoms with E-state index in [0.29, 0.717) is 34.7 Å². The molecule has 0 aromatic heterocycles. The van der Waals surface area contributed by atoms with Gasteiger partial charge in [-0.15, -0.1) is 23.5 Å². The van der Waals surface area contributed by atoms with Gasteiger partial charge in [0.25, 0.3) is 5.91 Å². The van der Waals surface area contributed by atoms with Crippen molar-refractivity contribution in [2.75, 3.05) is 29.9 Å². The number of hydrogen-bond acceptors (Lipinski definition) is 7. The molecule has 2 atom stereocenters. The van der Waals surface area contributed by atoms with Crippen LogP contribution in [0.15, 0.2) is 82.4 Å². The molecule has 10 nitrogen and oxygen atoms in total. The summed E-state index contributed by atoms with van der Waals surface area (Å²) in [5.74, 6) is -3.12. The number of benzene rings is 2. The molecule has 0 aliphatic carbocycles. The van der Waals surface area contributed by atoms with E-state index in [9.17, 15) is 33.5 Å². The van der Waals surface area contributed by atoms with E-state index in [1.165, 1.54) is 46.6 Å². The number of carboxylic acids is 1. The number of nitrogens with zero attached hydrogens (tertiary/aromatic N) is 2. The van der Waals surface area contributed by atoms with Crippen molar-refractivity contribution in [1.82, 2.24) is 15.1 Å². The Labute approximate surface area is 271 Å². The van der Waals surface area contributed by atoms with Crippen molar-refractivity contribution in [1.29, 1.82) is 0 Å². The Morgan fingerprint density at radius 2 is 1.79 bits per heavy atom. The van der Waals surface area contributed by atoms with Crippen LogP contribution in [0.25, 0.3) is 0 Å². The quantitative estimate of drug-likeness (QED) is 0.167. The number of likely N-dealkylation sites (tertiary alicyclic amines) is 1. The zero-order valence-electron chi connectivity index (χ0n) is 21.5. The number of amides is 4. The zero-order chi connectivity index (χ0) is 29.1. The second-order valence-corrected chi connectivity index (χ2v) is 11.6. The summed E-state index contributed by atoms with van der Waals surface area (Å²) in [6.07, 6.45) is 1.84. The molecular formula is C28H26FN4NaO6S2. The average molecular weight is 621 g/mol. The predicted molar refractivity (Wildman–Crippen MR) is 158 cm³/mol. The van der Waals surface area contributed by atoms with Crippen LogP contribution in [0.3, 0.4) is 0 Å². The third kappa shape index (κ3) is 7.09. The SMILES string of the molecule is O=C(CN1CC/C(=C\C2=C(C(=O)O)N3C(=O)[C@@H](NC(=O)CSc4ccc(F)cc4)[C@H]3SC2)C1=O)Nc1ccccc1.[NaH]. The molecule has 3 heterocycles. The first-order valence-electron chi connectivity index (χ1n) is 12.6. The molecule has 2 aromatic carbocycles. The van der Waals surface area contributed by atoms with Gasteiger partial charge in [0.15, 0.2) is 0 Å². The molecule has 3 aliphatic heterocycles. The maximum atomic E-state index is 13.1. The molecule has 0 saturated carbocycles. The van der Waals surface area contributed by atoms with Crippen molar-refractivity contribution >= 4 is 88.4 Å². The van der Waals surface area contributed by atoms with Crippen molar-refractivity contribution < 1.29 is 33.5 Å². The van der Waals surface area contributed by atoms with Crippen LogP contribution in [0, 0.1) is 5.82 Å². The maximum absolute atomic E-state index is 13.1. The van der Waals surface area contributed by atoms with E-state index in [0.717, 1.165) is 4.90 Å². The van der Waals surface area contributed by atoms with Gasteiger partial charge in [0, 0.05) is 28.5 Å². The molecular weight excluding hydrogens is 594 g/mol. The van der Waals surface area contributed by atoms with E-state index in [2.05, 4.69) is 10.6 Å². The first-order valence-corrected chi connectivity index (χ1v) is 14.7. The van der Waals surface area contributed by atoms with Gasteiger partial charge in [-0.25, -0.2) is 9.18 Å². The van der Waals surface area contributed by atoms with Crippen LogP contribution >= 0.6 is 23.5 Å². The van der Waals surface area contributed by atoms with Crippen LogP contribution < -0.4 is 10.6 Å². The molecule has 0 spiro atoms. The fraction of sp³-hybridized carbons (Fsp3) is 0.250. The molecule has 0 bridgehead atoms. The first kappa shape index (κ1) is 31.8. The number of carboxylic acid groups (broad SMARTS) is 1. The van der Waals surface area contributed by atoms with Gasteiger partial charge in [-0.2, -0.15) is 0 Å². The van der Waals surface area contributed by atoms with Gasteiger partial charge in [0.2, 0.25) is 17.7 Å². The second-order valence-electron chi connectivity index (χ2n) is 9.44. The number of allylic oxidation sites excluding steroid dienone is 1. The van der Waals surface area contributed by atoms with Crippen molar-refractivity contribution in [2.24, 2.45) is 0 Å². The number of carbonyl (C=O) groups excluding carboxylic acids is 4. The molecule has 3 aliphatic rings. The van der Waals surface area contributed by atoms with E-state index in [1.54, 1.807) is 36.4 Å². The minimum atomic E-state index is -1.31. The third-order valence-electron chi connectivity index (χ3n) is 6.65. The molecule has 14 heteroatoms. The van der Waals surface area contributed by atoms with Crippen molar-refractivity contribution in [3.63, 3.8) is 0 Å². The number of para-hydroxylation sites is 1. The first-order chi connectivity index (χ1) is 19.7. The minimum absolute atomic E-state index is 0. The van der Waals surface area contributed by atoms with Gasteiger partial charge in [-0.3, -0.25) is 24.1 Å². The standard InChI is InChI=1S/C28H25FN4O6S2.Na.H/c29-18-6-8-20(9-7-18)40-15-22(35)31-23-26(37)33-24(28(38)39)17(14-41-27(23)33)12-16-10-11-32(25(16)36)13-21(34)30-19-4-2-1-3-5-19;;/h1-9,12,23,27H,10-11,13-15H2,(H,30,34)(H,31,35)(H,38,39);;/b16-12+;;/t23-,27-;;/m1../s1. The van der Waals surface area contributed by atoms with E-state index in [4.69, 9.17) is 0 Å². The number of fused-ring (bicyclic) bond motifs is 1. The Morgan fingerprint density at radius 3 is 2.48 bits per heavy atom. The van der Waals surface area contributed by atoms with E-state index >= 15 is 0 Å². The number of thioether (sulfide) groups is 2. The number of rotatable bonds is 9. The summed E-state index contributed by atoms with van der Waals surface area (Å²) in [4.78, 5) is 66.2. The Kier molecular flexibility index (Phi) is 10.5. The molecule has 2 saturated heterocycles. The monoisotopic (exact) mass is 620 g/mol. The van der Waals surface area contributed by atoms with E-state index < -0.39 is 29.2 Å². The summed E-state index contributed by atoms with van der Waals surface area (Å²) in [5, 5.41) is 14.8. The topological polar surface area (TPSA) is 136 Å². The van der Waals surface area contributed by atoms with Gasteiger partial charge in [-0.1, -0.05) is 18.2 Å². The molecule has 2 fully saturated rings. The van der Waals surface area contributed by atoms with Gasteiger partial charge in [0.1, 0.15) is 29.5 Å². The molecule has 42 heavy (non-hydrogen) atoms. The van der Waals surface area contributed by atoms with Gasteiger partial charge >= 0.3 is 35.5 Å². The fourth-order valence-electron chi connectivity index (χ4n) is 4.71. The molecule has 3 N–H and O–H groups in total. The Bertz CT molecular complexity index is 1470. The van der Waals surface area contributed by atoms with Crippen LogP contribution in [0.5, 0.6) is 0 Å². The molecule has 4 amide bonds. The number of nitrogens with one attached hydrogen (secondary N) is 2. The van der Waals surface area contributed by atoms with Crippen LogP contribution in [-0.4, -0.2) is 110 Å². The average Bonchev–Trinajstić information content (AvgIpc) is 3.29. The van der Waals surface area contributed by atoms with Gasteiger partial charge in [0.05, 0.1) is 5.75 Å². The van der Waals surface area contributed by atoms with E-state index in [-0.39, 0.29) is 70.9 Å². The predicted octanol–water partition coefficient (Wildman–Crippen LogP) is 1.81. The summed E-state index contributed by atoms with van der Waals surface area (Å²) in [5.41, 5.74) is 1.08. The molecule has 2 aromatic rings. The number of carbonyl (C=O) groups is 5. The summed E-state index contributed by atoms with van der Waals surface area (Å²) in [6, 6.07) is 13.7. The molecule has 214 valence electrons. The normalized spacial score (nSPS) is 20.5. The summed E-state index contributed by atoms with van der Waals surface area (Å²) >= 11 is 2.49. The van der Waals surface area contributed by atoms with Gasteiger partial charge in [-0.05, 0) is 54.5 Å². The number of halogens is 1. The third-order valence-corrected chi connectivity index (χ3v) is 8.97. The fourth-order valence-corrected chi connectivity index (χ4v) is 6.72. The summed E-state index contributed by atoms with van der Waals surface area (Å²) < 4.78 is 13.1. The Balaban J connectivity index is 0.00000405. The molecule has 0 unspecified atom stereocenters. The van der Waals surface area contributed by atoms with Crippen LogP contribution in [-0.2, 0) is 24.0 Å². The van der Waals surface area contributed by atoms with Crippen molar-refractivity contribution in [2.45, 2.75) is 22.7 Å². The van der Waals surface area contributed by atoms with Crippen molar-refractivity contribution in [3.05, 3.63) is 83.3 Å². The van der Waals surface area contributed by atoms with Crippen LogP contribution in [0.2, 0.25) is 0 Å². The number of aliphatic carboxylic acids is 1. The summed E-state index contributed by atoms with van der Waals surface area (Å²) in [7, 11) is 0. The number of β-lactam (4-membered cyclic amide) rings is 1. The molecule has 5 rings (SSSR count). The van der Waals surface area contributed by atoms with Crippen LogP contribution in [0.4, 0.5) is 10.1 Å². The van der Waals surface area contributed by atoms with E-state index in [1.807, 2.05) is 6.07 Å². The molecule has 0 radical (unpaired) electrons. The zero-order valence-corrected chi connectivity index (χ0v) is 23.2. The second kappa shape index (κ2) is 13.9. The Morgan fingerprint density at radius 1 is 1.07 bits per heavy atom. The van der Waals surface area contributed by atoms with Crippen LogP contribution in [0.1, 0.15) is 6.42 Å². The van der Waals surface area contributed by atoms with Crippen molar-refractivity contribution in [3.8, 4) is 0 Å².